The molecular weight excluding hydrogens is 400 g/mol. The Morgan fingerprint density at radius 3 is 2.73 bits per heavy atom. The third-order valence-electron chi connectivity index (χ3n) is 5.37. The minimum absolute atomic E-state index is 0.0546. The van der Waals surface area contributed by atoms with E-state index in [2.05, 4.69) is 22.2 Å². The van der Waals surface area contributed by atoms with Crippen LogP contribution < -0.4 is 5.32 Å². The van der Waals surface area contributed by atoms with Crippen LogP contribution in [0.1, 0.15) is 71.5 Å². The summed E-state index contributed by atoms with van der Waals surface area (Å²) in [6, 6.07) is 7.69. The first-order chi connectivity index (χ1) is 14.3. The van der Waals surface area contributed by atoms with Crippen LogP contribution in [0.25, 0.3) is 10.9 Å². The molecule has 2 heterocycles. The Balaban J connectivity index is 2.08. The van der Waals surface area contributed by atoms with Crippen molar-refractivity contribution >= 4 is 28.6 Å². The predicted molar refractivity (Wildman–Crippen MR) is 121 cm³/mol. The maximum atomic E-state index is 13.4. The molecular formula is C23H33ClN4O2. The number of nitrogens with zero attached hydrogens (tertiary/aromatic N) is 3. The molecule has 2 aromatic rings. The van der Waals surface area contributed by atoms with Crippen LogP contribution >= 0.6 is 11.6 Å². The highest BCUT2D eigenvalue weighted by atomic mass is 35.5. The van der Waals surface area contributed by atoms with Gasteiger partial charge in [-0.15, -0.1) is 0 Å². The number of hydrogen-bond donors (Lipinski definition) is 1. The number of benzene rings is 1. The Labute approximate surface area is 184 Å². The molecule has 0 radical (unpaired) electrons. The Hall–Kier alpha value is -1.92. The van der Waals surface area contributed by atoms with E-state index < -0.39 is 5.60 Å². The van der Waals surface area contributed by atoms with E-state index in [-0.39, 0.29) is 23.5 Å². The minimum atomic E-state index is -0.569. The Morgan fingerprint density at radius 1 is 1.30 bits per heavy atom. The average molecular weight is 433 g/mol. The maximum Gasteiger partial charge on any atom is 0.411 e. The maximum absolute atomic E-state index is 13.4. The van der Waals surface area contributed by atoms with Gasteiger partial charge in [-0.25, -0.2) is 14.8 Å². The second-order valence-corrected chi connectivity index (χ2v) is 9.28. The van der Waals surface area contributed by atoms with Gasteiger partial charge < -0.3 is 10.1 Å². The number of fused-ring (bicyclic) bond motifs is 1. The third-order valence-corrected chi connectivity index (χ3v) is 5.54. The van der Waals surface area contributed by atoms with E-state index in [1.807, 2.05) is 49.9 Å². The van der Waals surface area contributed by atoms with Gasteiger partial charge in [0.05, 0.1) is 17.3 Å². The highest BCUT2D eigenvalue weighted by Gasteiger charge is 2.37. The van der Waals surface area contributed by atoms with Gasteiger partial charge in [0.1, 0.15) is 5.60 Å². The number of hydrogen-bond acceptors (Lipinski definition) is 5. The fraction of sp³-hybridized carbons (Fsp3) is 0.609. The van der Waals surface area contributed by atoms with Gasteiger partial charge in [0.15, 0.2) is 0 Å². The van der Waals surface area contributed by atoms with E-state index in [0.717, 1.165) is 61.8 Å². The SMILES string of the molecule is CCCCC[C@@H](c1nc(Cl)nc2ccccc12)N(C(=O)OC(C)(C)C)C1CCNC1. The normalized spacial score (nSPS) is 17.8. The topological polar surface area (TPSA) is 67.4 Å². The van der Waals surface area contributed by atoms with Crippen LogP contribution in [0.15, 0.2) is 24.3 Å². The third kappa shape index (κ3) is 5.61. The van der Waals surface area contributed by atoms with E-state index >= 15 is 0 Å². The molecule has 0 spiro atoms. The molecule has 0 bridgehead atoms. The highest BCUT2D eigenvalue weighted by Crippen LogP contribution is 2.35. The molecule has 0 saturated carbocycles. The average Bonchev–Trinajstić information content (AvgIpc) is 3.19. The smallest absolute Gasteiger partial charge is 0.411 e. The molecule has 3 rings (SSSR count). The van der Waals surface area contributed by atoms with Gasteiger partial charge >= 0.3 is 6.09 Å². The molecule has 164 valence electrons. The summed E-state index contributed by atoms with van der Waals surface area (Å²) < 4.78 is 5.85. The highest BCUT2D eigenvalue weighted by molar-refractivity contribution is 6.28. The number of halogens is 1. The van der Waals surface area contributed by atoms with Crippen molar-refractivity contribution in [3.05, 3.63) is 35.2 Å². The summed E-state index contributed by atoms with van der Waals surface area (Å²) in [5, 5.41) is 4.52. The molecule has 1 amide bonds. The van der Waals surface area contributed by atoms with Gasteiger partial charge in [0, 0.05) is 18.0 Å². The number of para-hydroxylation sites is 1. The van der Waals surface area contributed by atoms with Gasteiger partial charge in [-0.1, -0.05) is 44.4 Å². The quantitative estimate of drug-likeness (QED) is 0.462. The second-order valence-electron chi connectivity index (χ2n) is 8.94. The molecule has 6 nitrogen and oxygen atoms in total. The van der Waals surface area contributed by atoms with Crippen molar-refractivity contribution in [2.45, 2.75) is 77.5 Å². The van der Waals surface area contributed by atoms with Gasteiger partial charge in [-0.3, -0.25) is 4.90 Å². The first-order valence-electron chi connectivity index (χ1n) is 10.9. The molecule has 1 aromatic carbocycles. The van der Waals surface area contributed by atoms with Crippen LogP contribution in [0.5, 0.6) is 0 Å². The van der Waals surface area contributed by atoms with E-state index in [4.69, 9.17) is 16.3 Å². The molecule has 1 fully saturated rings. The zero-order valence-corrected chi connectivity index (χ0v) is 19.2. The molecule has 1 aliphatic rings. The second kappa shape index (κ2) is 9.92. The van der Waals surface area contributed by atoms with Crippen molar-refractivity contribution in [2.24, 2.45) is 0 Å². The largest absolute Gasteiger partial charge is 0.444 e. The standard InChI is InChI=1S/C23H33ClN4O2/c1-5-6-7-12-19(20-17-10-8-9-11-18(17)26-21(24)27-20)28(16-13-14-25-15-16)22(29)30-23(2,3)4/h8-11,16,19,25H,5-7,12-15H2,1-4H3/t16?,19-/m0/s1. The van der Waals surface area contributed by atoms with Crippen LogP contribution in [0.3, 0.4) is 0 Å². The summed E-state index contributed by atoms with van der Waals surface area (Å²) in [7, 11) is 0. The van der Waals surface area contributed by atoms with Crippen LogP contribution in [0.4, 0.5) is 4.79 Å². The van der Waals surface area contributed by atoms with Gasteiger partial charge in [0.25, 0.3) is 0 Å². The number of carbonyl (C=O) groups excluding carboxylic acids is 1. The zero-order chi connectivity index (χ0) is 21.7. The predicted octanol–water partition coefficient (Wildman–Crippen LogP) is 5.50. The number of nitrogens with one attached hydrogen (secondary N) is 1. The molecule has 7 heteroatoms. The fourth-order valence-electron chi connectivity index (χ4n) is 4.04. The van der Waals surface area contributed by atoms with Crippen molar-refractivity contribution in [2.75, 3.05) is 13.1 Å². The number of unbranched alkanes of at least 4 members (excludes halogenated alkanes) is 2. The summed E-state index contributed by atoms with van der Waals surface area (Å²) in [5.41, 5.74) is 1.03. The lowest BCUT2D eigenvalue weighted by atomic mass is 9.98. The van der Waals surface area contributed by atoms with Crippen LogP contribution in [0.2, 0.25) is 5.28 Å². The monoisotopic (exact) mass is 432 g/mol. The van der Waals surface area contributed by atoms with E-state index in [1.165, 1.54) is 0 Å². The van der Waals surface area contributed by atoms with Crippen LogP contribution in [-0.2, 0) is 4.74 Å². The zero-order valence-electron chi connectivity index (χ0n) is 18.4. The number of carbonyl (C=O) groups is 1. The summed E-state index contributed by atoms with van der Waals surface area (Å²) >= 11 is 6.31. The fourth-order valence-corrected chi connectivity index (χ4v) is 4.23. The molecule has 1 N–H and O–H groups in total. The van der Waals surface area contributed by atoms with Crippen molar-refractivity contribution in [3.63, 3.8) is 0 Å². The van der Waals surface area contributed by atoms with E-state index in [1.54, 1.807) is 0 Å². The van der Waals surface area contributed by atoms with Crippen LogP contribution in [-0.4, -0.2) is 45.7 Å². The minimum Gasteiger partial charge on any atom is -0.444 e. The summed E-state index contributed by atoms with van der Waals surface area (Å²) in [5.74, 6) is 0. The van der Waals surface area contributed by atoms with Gasteiger partial charge in [-0.2, -0.15) is 0 Å². The van der Waals surface area contributed by atoms with Crippen molar-refractivity contribution in [1.29, 1.82) is 0 Å². The molecule has 1 aromatic heterocycles. The first kappa shape index (κ1) is 22.8. The van der Waals surface area contributed by atoms with Gasteiger partial charge in [0.2, 0.25) is 5.28 Å². The summed E-state index contributed by atoms with van der Waals surface area (Å²) in [6.45, 7) is 9.52. The first-order valence-corrected chi connectivity index (χ1v) is 11.3. The molecule has 1 unspecified atom stereocenters. The number of ether oxygens (including phenoxy) is 1. The number of rotatable bonds is 7. The van der Waals surface area contributed by atoms with Gasteiger partial charge in [-0.05, 0) is 57.8 Å². The number of amides is 1. The summed E-state index contributed by atoms with van der Waals surface area (Å²) in [4.78, 5) is 24.3. The Bertz CT molecular complexity index is 862. The lowest BCUT2D eigenvalue weighted by Gasteiger charge is -2.37. The molecule has 1 saturated heterocycles. The molecule has 0 aliphatic carbocycles. The lowest BCUT2D eigenvalue weighted by Crippen LogP contribution is -2.46. The van der Waals surface area contributed by atoms with Crippen molar-refractivity contribution in [1.82, 2.24) is 20.2 Å². The van der Waals surface area contributed by atoms with Crippen LogP contribution in [0, 0.1) is 0 Å². The van der Waals surface area contributed by atoms with E-state index in [9.17, 15) is 4.79 Å². The molecule has 30 heavy (non-hydrogen) atoms. The lowest BCUT2D eigenvalue weighted by molar-refractivity contribution is 0.00463. The van der Waals surface area contributed by atoms with E-state index in [0.29, 0.717) is 0 Å². The summed E-state index contributed by atoms with van der Waals surface area (Å²) in [6.07, 6.45) is 4.60. The molecule has 2 atom stereocenters. The Kier molecular flexibility index (Phi) is 7.53. The van der Waals surface area contributed by atoms with Crippen molar-refractivity contribution in [3.8, 4) is 0 Å². The molecule has 1 aliphatic heterocycles. The Morgan fingerprint density at radius 2 is 2.07 bits per heavy atom. The number of aromatic nitrogens is 2. The van der Waals surface area contributed by atoms with Crippen molar-refractivity contribution < 1.29 is 9.53 Å².